The van der Waals surface area contributed by atoms with Gasteiger partial charge in [0.1, 0.15) is 0 Å². The van der Waals surface area contributed by atoms with Crippen molar-refractivity contribution < 1.29 is 19.1 Å². The fourth-order valence-electron chi connectivity index (χ4n) is 3.04. The summed E-state index contributed by atoms with van der Waals surface area (Å²) in [7, 11) is 0. The molecule has 0 radical (unpaired) electrons. The van der Waals surface area contributed by atoms with Crippen molar-refractivity contribution >= 4 is 34.8 Å². The standard InChI is InChI=1S/C20H22N2O4S/c1-2-26-19(24)8-7-18(23)21-16-6-5-14-9-10-22(13-15(14)12-16)20(25)17-4-3-11-27-17/h3-6,11-12H,2,7-10,13H2,1H3,(H,21,23). The zero-order valence-corrected chi connectivity index (χ0v) is 16.0. The molecule has 7 heteroatoms. The van der Waals surface area contributed by atoms with Crippen molar-refractivity contribution in [1.29, 1.82) is 0 Å². The van der Waals surface area contributed by atoms with Crippen LogP contribution >= 0.6 is 11.3 Å². The van der Waals surface area contributed by atoms with Crippen molar-refractivity contribution in [2.24, 2.45) is 0 Å². The van der Waals surface area contributed by atoms with E-state index in [-0.39, 0.29) is 30.6 Å². The molecule has 1 aromatic carbocycles. The molecule has 0 aliphatic carbocycles. The number of anilines is 1. The number of carbonyl (C=O) groups excluding carboxylic acids is 3. The lowest BCUT2D eigenvalue weighted by atomic mass is 9.99. The Morgan fingerprint density at radius 1 is 1.19 bits per heavy atom. The summed E-state index contributed by atoms with van der Waals surface area (Å²) in [6, 6.07) is 9.47. The predicted molar refractivity (Wildman–Crippen MR) is 104 cm³/mol. The smallest absolute Gasteiger partial charge is 0.306 e. The van der Waals surface area contributed by atoms with Gasteiger partial charge in [-0.2, -0.15) is 0 Å². The fourth-order valence-corrected chi connectivity index (χ4v) is 3.73. The highest BCUT2D eigenvalue weighted by atomic mass is 32.1. The van der Waals surface area contributed by atoms with E-state index in [0.717, 1.165) is 16.9 Å². The molecule has 2 aromatic rings. The Kier molecular flexibility index (Phi) is 6.24. The maximum absolute atomic E-state index is 12.6. The quantitative estimate of drug-likeness (QED) is 0.774. The van der Waals surface area contributed by atoms with Gasteiger partial charge >= 0.3 is 5.97 Å². The number of rotatable bonds is 6. The van der Waals surface area contributed by atoms with Crippen molar-refractivity contribution in [3.8, 4) is 0 Å². The number of ether oxygens (including phenoxy) is 1. The molecule has 1 aliphatic rings. The minimum absolute atomic E-state index is 0.0412. The van der Waals surface area contributed by atoms with Crippen LogP contribution in [0.5, 0.6) is 0 Å². The van der Waals surface area contributed by atoms with Crippen molar-refractivity contribution in [2.75, 3.05) is 18.5 Å². The first-order chi connectivity index (χ1) is 13.1. The SMILES string of the molecule is CCOC(=O)CCC(=O)Nc1ccc2c(c1)CN(C(=O)c1cccs1)CC2. The Morgan fingerprint density at radius 3 is 2.78 bits per heavy atom. The normalized spacial score (nSPS) is 13.0. The third-order valence-corrected chi connectivity index (χ3v) is 5.24. The number of fused-ring (bicyclic) bond motifs is 1. The van der Waals surface area contributed by atoms with Crippen LogP contribution in [0.4, 0.5) is 5.69 Å². The topological polar surface area (TPSA) is 75.7 Å². The van der Waals surface area contributed by atoms with Crippen LogP contribution in [0.25, 0.3) is 0 Å². The van der Waals surface area contributed by atoms with Gasteiger partial charge in [0, 0.05) is 25.2 Å². The van der Waals surface area contributed by atoms with Crippen molar-refractivity contribution in [3.05, 3.63) is 51.7 Å². The largest absolute Gasteiger partial charge is 0.466 e. The number of nitrogens with one attached hydrogen (secondary N) is 1. The molecular weight excluding hydrogens is 364 g/mol. The molecule has 0 atom stereocenters. The minimum Gasteiger partial charge on any atom is -0.466 e. The number of nitrogens with zero attached hydrogens (tertiary/aromatic N) is 1. The van der Waals surface area contributed by atoms with Gasteiger partial charge < -0.3 is 15.0 Å². The van der Waals surface area contributed by atoms with E-state index in [2.05, 4.69) is 5.32 Å². The van der Waals surface area contributed by atoms with E-state index in [0.29, 0.717) is 25.4 Å². The molecule has 3 rings (SSSR count). The van der Waals surface area contributed by atoms with E-state index < -0.39 is 0 Å². The van der Waals surface area contributed by atoms with Gasteiger partial charge in [0.05, 0.1) is 17.9 Å². The van der Waals surface area contributed by atoms with Gasteiger partial charge in [0.15, 0.2) is 0 Å². The molecule has 0 saturated carbocycles. The van der Waals surface area contributed by atoms with Gasteiger partial charge in [0.2, 0.25) is 5.91 Å². The summed E-state index contributed by atoms with van der Waals surface area (Å²) in [5.74, 6) is -0.564. The molecule has 0 bridgehead atoms. The summed E-state index contributed by atoms with van der Waals surface area (Å²) < 4.78 is 4.83. The van der Waals surface area contributed by atoms with Crippen molar-refractivity contribution in [1.82, 2.24) is 4.90 Å². The van der Waals surface area contributed by atoms with Gasteiger partial charge in [-0.25, -0.2) is 0 Å². The number of esters is 1. The highest BCUT2D eigenvalue weighted by Crippen LogP contribution is 2.25. The van der Waals surface area contributed by atoms with Crippen LogP contribution in [-0.4, -0.2) is 35.8 Å². The second kappa shape index (κ2) is 8.81. The first-order valence-electron chi connectivity index (χ1n) is 8.97. The van der Waals surface area contributed by atoms with Crippen LogP contribution in [0, 0.1) is 0 Å². The first kappa shape index (κ1) is 19.1. The number of hydrogen-bond donors (Lipinski definition) is 1. The molecule has 0 fully saturated rings. The zero-order valence-electron chi connectivity index (χ0n) is 15.2. The Hall–Kier alpha value is -2.67. The Morgan fingerprint density at radius 2 is 2.04 bits per heavy atom. The lowest BCUT2D eigenvalue weighted by Gasteiger charge is -2.29. The summed E-state index contributed by atoms with van der Waals surface area (Å²) in [4.78, 5) is 38.5. The number of thiophene rings is 1. The molecular formula is C20H22N2O4S. The van der Waals surface area contributed by atoms with Gasteiger partial charge in [-0.3, -0.25) is 14.4 Å². The Labute approximate surface area is 162 Å². The molecule has 6 nitrogen and oxygen atoms in total. The van der Waals surface area contributed by atoms with E-state index in [1.54, 1.807) is 6.92 Å². The second-order valence-electron chi connectivity index (χ2n) is 6.29. The summed E-state index contributed by atoms with van der Waals surface area (Å²) >= 11 is 1.44. The van der Waals surface area contributed by atoms with E-state index in [4.69, 9.17) is 4.74 Å². The maximum Gasteiger partial charge on any atom is 0.306 e. The van der Waals surface area contributed by atoms with E-state index in [9.17, 15) is 14.4 Å². The van der Waals surface area contributed by atoms with Crippen molar-refractivity contribution in [2.45, 2.75) is 32.7 Å². The van der Waals surface area contributed by atoms with Crippen LogP contribution in [-0.2, 0) is 27.3 Å². The van der Waals surface area contributed by atoms with E-state index >= 15 is 0 Å². The van der Waals surface area contributed by atoms with Gasteiger partial charge in [-0.1, -0.05) is 12.1 Å². The lowest BCUT2D eigenvalue weighted by Crippen LogP contribution is -2.35. The molecule has 1 aromatic heterocycles. The molecule has 0 spiro atoms. The monoisotopic (exact) mass is 386 g/mol. The fraction of sp³-hybridized carbons (Fsp3) is 0.350. The van der Waals surface area contributed by atoms with Gasteiger partial charge in [-0.15, -0.1) is 11.3 Å². The molecule has 0 saturated heterocycles. The molecule has 27 heavy (non-hydrogen) atoms. The summed E-state index contributed by atoms with van der Waals surface area (Å²) in [6.45, 7) is 3.26. The molecule has 1 aliphatic heterocycles. The predicted octanol–water partition coefficient (Wildman–Crippen LogP) is 3.23. The van der Waals surface area contributed by atoms with Crippen molar-refractivity contribution in [3.63, 3.8) is 0 Å². The lowest BCUT2D eigenvalue weighted by molar-refractivity contribution is -0.144. The number of amides is 2. The third kappa shape index (κ3) is 4.95. The van der Waals surface area contributed by atoms with Crippen LogP contribution in [0.1, 0.15) is 40.6 Å². The molecule has 0 unspecified atom stereocenters. The van der Waals surface area contributed by atoms with Crippen LogP contribution < -0.4 is 5.32 Å². The number of carbonyl (C=O) groups is 3. The van der Waals surface area contributed by atoms with E-state index in [1.807, 2.05) is 40.6 Å². The highest BCUT2D eigenvalue weighted by molar-refractivity contribution is 7.12. The van der Waals surface area contributed by atoms with E-state index in [1.165, 1.54) is 16.9 Å². The Balaban J connectivity index is 1.61. The summed E-state index contributed by atoms with van der Waals surface area (Å²) in [6.07, 6.45) is 0.941. The molecule has 2 heterocycles. The van der Waals surface area contributed by atoms with Gasteiger partial charge in [0.25, 0.3) is 5.91 Å². The van der Waals surface area contributed by atoms with Gasteiger partial charge in [-0.05, 0) is 48.1 Å². The summed E-state index contributed by atoms with van der Waals surface area (Å²) in [5, 5.41) is 4.71. The maximum atomic E-state index is 12.6. The summed E-state index contributed by atoms with van der Waals surface area (Å²) in [5.41, 5.74) is 2.90. The number of benzene rings is 1. The highest BCUT2D eigenvalue weighted by Gasteiger charge is 2.22. The second-order valence-corrected chi connectivity index (χ2v) is 7.24. The minimum atomic E-state index is -0.374. The first-order valence-corrected chi connectivity index (χ1v) is 9.85. The number of hydrogen-bond acceptors (Lipinski definition) is 5. The molecule has 2 amide bonds. The van der Waals surface area contributed by atoms with Crippen LogP contribution in [0.15, 0.2) is 35.7 Å². The third-order valence-electron chi connectivity index (χ3n) is 4.38. The average Bonchev–Trinajstić information content (AvgIpc) is 3.20. The Bertz CT molecular complexity index is 833. The molecule has 1 N–H and O–H groups in total. The molecule has 142 valence electrons. The zero-order chi connectivity index (χ0) is 19.2. The van der Waals surface area contributed by atoms with Crippen LogP contribution in [0.2, 0.25) is 0 Å². The van der Waals surface area contributed by atoms with Crippen LogP contribution in [0.3, 0.4) is 0 Å². The average molecular weight is 386 g/mol.